The van der Waals surface area contributed by atoms with Gasteiger partial charge in [-0.1, -0.05) is 0 Å². The third kappa shape index (κ3) is 4.52. The van der Waals surface area contributed by atoms with Crippen LogP contribution >= 0.6 is 0 Å². The van der Waals surface area contributed by atoms with E-state index in [1.54, 1.807) is 12.5 Å². The van der Waals surface area contributed by atoms with Crippen LogP contribution < -0.4 is 5.32 Å². The van der Waals surface area contributed by atoms with Gasteiger partial charge >= 0.3 is 6.09 Å². The lowest BCUT2D eigenvalue weighted by molar-refractivity contribution is 0.0522. The van der Waals surface area contributed by atoms with Gasteiger partial charge in [-0.05, 0) is 27.2 Å². The van der Waals surface area contributed by atoms with Crippen LogP contribution in [-0.2, 0) is 22.6 Å². The molecule has 0 aromatic carbocycles. The number of nitrogens with zero attached hydrogens (tertiary/aromatic N) is 2. The number of nitrogens with one attached hydrogen (secondary N) is 1. The molecule has 1 aliphatic rings. The second-order valence-corrected chi connectivity index (χ2v) is 6.12. The molecule has 2 rings (SSSR count). The summed E-state index contributed by atoms with van der Waals surface area (Å²) in [6, 6.07) is 0. The summed E-state index contributed by atoms with van der Waals surface area (Å²) in [6.45, 7) is 8.47. The van der Waals surface area contributed by atoms with Gasteiger partial charge in [0.15, 0.2) is 0 Å². The van der Waals surface area contributed by atoms with E-state index >= 15 is 0 Å². The van der Waals surface area contributed by atoms with E-state index in [0.717, 1.165) is 31.9 Å². The van der Waals surface area contributed by atoms with Crippen molar-refractivity contribution < 1.29 is 14.3 Å². The number of aromatic nitrogens is 2. The van der Waals surface area contributed by atoms with Gasteiger partial charge in [-0.3, -0.25) is 0 Å². The second-order valence-electron chi connectivity index (χ2n) is 6.12. The fourth-order valence-electron chi connectivity index (χ4n) is 2.14. The summed E-state index contributed by atoms with van der Waals surface area (Å²) < 4.78 is 12.7. The van der Waals surface area contributed by atoms with Gasteiger partial charge in [-0.15, -0.1) is 0 Å². The van der Waals surface area contributed by atoms with Gasteiger partial charge in [0.05, 0.1) is 25.2 Å². The van der Waals surface area contributed by atoms with E-state index in [9.17, 15) is 4.79 Å². The minimum absolute atomic E-state index is 0.408. The Morgan fingerprint density at radius 2 is 2.40 bits per heavy atom. The minimum atomic E-state index is -0.481. The average Bonchev–Trinajstić information content (AvgIpc) is 2.96. The Labute approximate surface area is 119 Å². The van der Waals surface area contributed by atoms with Crippen LogP contribution in [0.3, 0.4) is 0 Å². The Kier molecular flexibility index (Phi) is 4.65. The molecular weight excluding hydrogens is 258 g/mol. The van der Waals surface area contributed by atoms with Gasteiger partial charge in [-0.25, -0.2) is 9.78 Å². The maximum Gasteiger partial charge on any atom is 0.407 e. The van der Waals surface area contributed by atoms with E-state index in [1.165, 1.54) is 0 Å². The zero-order valence-corrected chi connectivity index (χ0v) is 12.4. The minimum Gasteiger partial charge on any atom is -0.444 e. The molecule has 0 bridgehead atoms. The van der Waals surface area contributed by atoms with Crippen LogP contribution in [-0.4, -0.2) is 34.5 Å². The Bertz CT molecular complexity index is 445. The second kappa shape index (κ2) is 6.26. The molecule has 1 atom stereocenters. The van der Waals surface area contributed by atoms with Crippen LogP contribution in [0.15, 0.2) is 12.5 Å². The molecule has 112 valence electrons. The zero-order valence-electron chi connectivity index (χ0n) is 12.4. The first-order chi connectivity index (χ1) is 9.44. The van der Waals surface area contributed by atoms with Gasteiger partial charge < -0.3 is 19.4 Å². The molecule has 6 heteroatoms. The van der Waals surface area contributed by atoms with Crippen molar-refractivity contribution in [2.45, 2.75) is 45.9 Å². The van der Waals surface area contributed by atoms with Gasteiger partial charge in [0.2, 0.25) is 0 Å². The number of carbonyl (C=O) groups is 1. The largest absolute Gasteiger partial charge is 0.444 e. The number of amides is 1. The van der Waals surface area contributed by atoms with Gasteiger partial charge in [0.1, 0.15) is 5.60 Å². The van der Waals surface area contributed by atoms with Crippen molar-refractivity contribution in [1.29, 1.82) is 0 Å². The van der Waals surface area contributed by atoms with Crippen LogP contribution in [0.4, 0.5) is 4.79 Å². The first-order valence-electron chi connectivity index (χ1n) is 6.97. The maximum atomic E-state index is 11.6. The summed E-state index contributed by atoms with van der Waals surface area (Å²) in [7, 11) is 0. The summed E-state index contributed by atoms with van der Waals surface area (Å²) in [5.74, 6) is 0.532. The number of hydrogen-bond acceptors (Lipinski definition) is 4. The highest BCUT2D eigenvalue weighted by molar-refractivity contribution is 5.67. The van der Waals surface area contributed by atoms with E-state index in [2.05, 4.69) is 14.9 Å². The van der Waals surface area contributed by atoms with Crippen molar-refractivity contribution in [2.75, 3.05) is 13.2 Å². The zero-order chi connectivity index (χ0) is 14.6. The van der Waals surface area contributed by atoms with Gasteiger partial charge in [-0.2, -0.15) is 0 Å². The molecule has 1 N–H and O–H groups in total. The number of ether oxygens (including phenoxy) is 2. The standard InChI is InChI=1S/C14H23N3O3/c1-14(2,3)20-13(18)16-7-12-6-15-10-17(12)8-11-4-5-19-9-11/h6,10-11H,4-5,7-9H2,1-3H3,(H,16,18). The molecule has 1 aliphatic heterocycles. The van der Waals surface area contributed by atoms with Crippen LogP contribution in [0.5, 0.6) is 0 Å². The molecule has 0 radical (unpaired) electrons. The number of imidazole rings is 1. The molecule has 1 aromatic rings. The lowest BCUT2D eigenvalue weighted by atomic mass is 10.1. The smallest absolute Gasteiger partial charge is 0.407 e. The fraction of sp³-hybridized carbons (Fsp3) is 0.714. The highest BCUT2D eigenvalue weighted by atomic mass is 16.6. The quantitative estimate of drug-likeness (QED) is 0.916. The van der Waals surface area contributed by atoms with Crippen LogP contribution in [0.1, 0.15) is 32.9 Å². The molecule has 0 spiro atoms. The third-order valence-corrected chi connectivity index (χ3v) is 3.09. The fourth-order valence-corrected chi connectivity index (χ4v) is 2.14. The molecule has 2 heterocycles. The highest BCUT2D eigenvalue weighted by Gasteiger charge is 2.18. The lowest BCUT2D eigenvalue weighted by Crippen LogP contribution is -2.32. The predicted molar refractivity (Wildman–Crippen MR) is 74.2 cm³/mol. The molecule has 1 saturated heterocycles. The first kappa shape index (κ1) is 14.8. The van der Waals surface area contributed by atoms with Crippen LogP contribution in [0.2, 0.25) is 0 Å². The monoisotopic (exact) mass is 281 g/mol. The molecule has 1 fully saturated rings. The molecule has 0 saturated carbocycles. The molecule has 1 amide bonds. The summed E-state index contributed by atoms with van der Waals surface area (Å²) >= 11 is 0. The summed E-state index contributed by atoms with van der Waals surface area (Å²) in [4.78, 5) is 15.8. The third-order valence-electron chi connectivity index (χ3n) is 3.09. The first-order valence-corrected chi connectivity index (χ1v) is 6.97. The van der Waals surface area contributed by atoms with Crippen molar-refractivity contribution in [3.63, 3.8) is 0 Å². The number of alkyl carbamates (subject to hydrolysis) is 1. The Balaban J connectivity index is 1.84. The van der Waals surface area contributed by atoms with E-state index in [0.29, 0.717) is 12.5 Å². The van der Waals surface area contributed by atoms with Gasteiger partial charge in [0.25, 0.3) is 0 Å². The summed E-state index contributed by atoms with van der Waals surface area (Å²) in [5, 5.41) is 2.75. The normalized spacial score (nSPS) is 19.1. The lowest BCUT2D eigenvalue weighted by Gasteiger charge is -2.20. The van der Waals surface area contributed by atoms with E-state index in [1.807, 2.05) is 20.8 Å². The predicted octanol–water partition coefficient (Wildman–Crippen LogP) is 1.94. The molecular formula is C14H23N3O3. The Morgan fingerprint density at radius 3 is 3.05 bits per heavy atom. The van der Waals surface area contributed by atoms with E-state index in [4.69, 9.17) is 9.47 Å². The van der Waals surface area contributed by atoms with E-state index in [-0.39, 0.29) is 0 Å². The molecule has 0 aliphatic carbocycles. The van der Waals surface area contributed by atoms with Crippen molar-refractivity contribution in [1.82, 2.24) is 14.9 Å². The molecule has 1 unspecified atom stereocenters. The topological polar surface area (TPSA) is 65.4 Å². The molecule has 6 nitrogen and oxygen atoms in total. The maximum absolute atomic E-state index is 11.6. The van der Waals surface area contributed by atoms with Crippen molar-refractivity contribution in [3.8, 4) is 0 Å². The van der Waals surface area contributed by atoms with Crippen molar-refractivity contribution in [2.24, 2.45) is 5.92 Å². The Morgan fingerprint density at radius 1 is 1.60 bits per heavy atom. The van der Waals surface area contributed by atoms with Gasteiger partial charge in [0, 0.05) is 25.3 Å². The SMILES string of the molecule is CC(C)(C)OC(=O)NCc1cncn1CC1CCOC1. The van der Waals surface area contributed by atoms with E-state index < -0.39 is 11.7 Å². The number of hydrogen-bond donors (Lipinski definition) is 1. The molecule has 20 heavy (non-hydrogen) atoms. The molecule has 1 aromatic heterocycles. The van der Waals surface area contributed by atoms with Crippen molar-refractivity contribution in [3.05, 3.63) is 18.2 Å². The Hall–Kier alpha value is -1.56. The summed E-state index contributed by atoms with van der Waals surface area (Å²) in [6.07, 6.45) is 4.24. The number of rotatable bonds is 4. The summed E-state index contributed by atoms with van der Waals surface area (Å²) in [5.41, 5.74) is 0.494. The average molecular weight is 281 g/mol. The number of carbonyl (C=O) groups excluding carboxylic acids is 1. The van der Waals surface area contributed by atoms with Crippen molar-refractivity contribution >= 4 is 6.09 Å². The van der Waals surface area contributed by atoms with Crippen LogP contribution in [0, 0.1) is 5.92 Å². The highest BCUT2D eigenvalue weighted by Crippen LogP contribution is 2.15. The van der Waals surface area contributed by atoms with Crippen LogP contribution in [0.25, 0.3) is 0 Å².